The maximum absolute atomic E-state index is 11.8. The molecule has 122 valence electrons. The fourth-order valence-corrected chi connectivity index (χ4v) is 2.01. The summed E-state index contributed by atoms with van der Waals surface area (Å²) in [6, 6.07) is 6.87. The van der Waals surface area contributed by atoms with E-state index in [0.717, 1.165) is 26.1 Å². The van der Waals surface area contributed by atoms with Crippen molar-refractivity contribution in [1.82, 2.24) is 10.2 Å². The van der Waals surface area contributed by atoms with Gasteiger partial charge in [-0.25, -0.2) is 0 Å². The Kier molecular flexibility index (Phi) is 7.99. The largest absolute Gasteiger partial charge is 0.497 e. The molecule has 0 spiro atoms. The zero-order chi connectivity index (χ0) is 16.4. The fourth-order valence-electron chi connectivity index (χ4n) is 2.01. The van der Waals surface area contributed by atoms with Gasteiger partial charge >= 0.3 is 11.8 Å². The summed E-state index contributed by atoms with van der Waals surface area (Å²) in [5, 5.41) is 5.17. The Bertz CT molecular complexity index is 487. The number of nitrogens with zero attached hydrogens (tertiary/aromatic N) is 1. The van der Waals surface area contributed by atoms with Crippen molar-refractivity contribution in [3.8, 4) is 5.75 Å². The third-order valence-corrected chi connectivity index (χ3v) is 3.36. The molecule has 6 nitrogen and oxygen atoms in total. The predicted molar refractivity (Wildman–Crippen MR) is 87.0 cm³/mol. The third kappa shape index (κ3) is 6.13. The van der Waals surface area contributed by atoms with Gasteiger partial charge in [-0.1, -0.05) is 19.9 Å². The van der Waals surface area contributed by atoms with Crippen LogP contribution in [0.2, 0.25) is 0 Å². The van der Waals surface area contributed by atoms with E-state index in [9.17, 15) is 9.59 Å². The molecule has 1 aromatic rings. The van der Waals surface area contributed by atoms with E-state index in [1.165, 1.54) is 0 Å². The molecule has 1 aromatic carbocycles. The highest BCUT2D eigenvalue weighted by Gasteiger charge is 2.13. The summed E-state index contributed by atoms with van der Waals surface area (Å²) >= 11 is 0. The fraction of sp³-hybridized carbons (Fsp3) is 0.500. The molecule has 6 heteroatoms. The number of methoxy groups -OCH3 is 1. The number of hydrogen-bond donors (Lipinski definition) is 2. The maximum Gasteiger partial charge on any atom is 0.313 e. The van der Waals surface area contributed by atoms with Crippen molar-refractivity contribution in [3.05, 3.63) is 24.3 Å². The number of amides is 2. The zero-order valence-electron chi connectivity index (χ0n) is 13.5. The predicted octanol–water partition coefficient (Wildman–Crippen LogP) is 1.48. The Labute approximate surface area is 131 Å². The lowest BCUT2D eigenvalue weighted by Gasteiger charge is -2.17. The van der Waals surface area contributed by atoms with E-state index >= 15 is 0 Å². The Balaban J connectivity index is 2.34. The Morgan fingerprint density at radius 2 is 1.91 bits per heavy atom. The van der Waals surface area contributed by atoms with Gasteiger partial charge in [0.25, 0.3) is 0 Å². The number of nitrogens with one attached hydrogen (secondary N) is 2. The van der Waals surface area contributed by atoms with E-state index in [1.54, 1.807) is 31.4 Å². The van der Waals surface area contributed by atoms with Gasteiger partial charge in [-0.15, -0.1) is 0 Å². The van der Waals surface area contributed by atoms with Crippen molar-refractivity contribution in [3.63, 3.8) is 0 Å². The number of hydrogen-bond acceptors (Lipinski definition) is 4. The molecule has 0 radical (unpaired) electrons. The van der Waals surface area contributed by atoms with Crippen molar-refractivity contribution in [2.45, 2.75) is 20.3 Å². The topological polar surface area (TPSA) is 70.7 Å². The summed E-state index contributed by atoms with van der Waals surface area (Å²) in [7, 11) is 1.55. The Morgan fingerprint density at radius 3 is 2.55 bits per heavy atom. The molecule has 0 fully saturated rings. The maximum atomic E-state index is 11.8. The van der Waals surface area contributed by atoms with Crippen LogP contribution in [0.4, 0.5) is 5.69 Å². The van der Waals surface area contributed by atoms with Crippen molar-refractivity contribution in [1.29, 1.82) is 0 Å². The summed E-state index contributed by atoms with van der Waals surface area (Å²) in [5.74, 6) is -0.670. The van der Waals surface area contributed by atoms with Gasteiger partial charge in [0.1, 0.15) is 5.75 Å². The van der Waals surface area contributed by atoms with Crippen molar-refractivity contribution in [2.75, 3.05) is 38.6 Å². The minimum atomic E-state index is -0.670. The van der Waals surface area contributed by atoms with E-state index in [-0.39, 0.29) is 0 Å². The number of anilines is 1. The summed E-state index contributed by atoms with van der Waals surface area (Å²) < 4.78 is 5.06. The molecule has 0 heterocycles. The van der Waals surface area contributed by atoms with E-state index in [0.29, 0.717) is 18.0 Å². The second-order valence-electron chi connectivity index (χ2n) is 4.82. The van der Waals surface area contributed by atoms with Gasteiger partial charge in [0.05, 0.1) is 7.11 Å². The van der Waals surface area contributed by atoms with Crippen LogP contribution < -0.4 is 15.4 Å². The van der Waals surface area contributed by atoms with E-state index in [2.05, 4.69) is 29.4 Å². The van der Waals surface area contributed by atoms with Gasteiger partial charge in [0.15, 0.2) is 0 Å². The lowest BCUT2D eigenvalue weighted by molar-refractivity contribution is -0.136. The second kappa shape index (κ2) is 9.78. The van der Waals surface area contributed by atoms with Crippen LogP contribution in [-0.4, -0.2) is 50.0 Å². The Hall–Kier alpha value is -2.08. The van der Waals surface area contributed by atoms with Gasteiger partial charge in [-0.05, 0) is 38.2 Å². The van der Waals surface area contributed by atoms with Gasteiger partial charge in [-0.2, -0.15) is 0 Å². The molecule has 0 saturated carbocycles. The average Bonchev–Trinajstić information content (AvgIpc) is 2.54. The zero-order valence-corrected chi connectivity index (χ0v) is 13.5. The first-order valence-corrected chi connectivity index (χ1v) is 7.56. The smallest absolute Gasteiger partial charge is 0.313 e. The average molecular weight is 307 g/mol. The molecule has 0 aliphatic carbocycles. The second-order valence-corrected chi connectivity index (χ2v) is 4.82. The molecule has 0 saturated heterocycles. The summed E-state index contributed by atoms with van der Waals surface area (Å²) in [5.41, 5.74) is 0.530. The van der Waals surface area contributed by atoms with Gasteiger partial charge in [-0.3, -0.25) is 9.59 Å². The third-order valence-electron chi connectivity index (χ3n) is 3.36. The molecule has 0 bridgehead atoms. The number of benzene rings is 1. The molecule has 22 heavy (non-hydrogen) atoms. The minimum absolute atomic E-state index is 0.487. The SMILES string of the molecule is CCN(CC)CCCNC(=O)C(=O)Nc1cccc(OC)c1. The molecule has 0 atom stereocenters. The first-order chi connectivity index (χ1) is 10.6. The van der Waals surface area contributed by atoms with Gasteiger partial charge in [0, 0.05) is 18.3 Å². The van der Waals surface area contributed by atoms with Crippen LogP contribution in [0.1, 0.15) is 20.3 Å². The van der Waals surface area contributed by atoms with E-state index < -0.39 is 11.8 Å². The number of ether oxygens (including phenoxy) is 1. The highest BCUT2D eigenvalue weighted by Crippen LogP contribution is 2.16. The van der Waals surface area contributed by atoms with Crippen LogP contribution in [-0.2, 0) is 9.59 Å². The number of carbonyl (C=O) groups is 2. The molecule has 0 aromatic heterocycles. The first kappa shape index (κ1) is 18.0. The van der Waals surface area contributed by atoms with Crippen LogP contribution in [0.5, 0.6) is 5.75 Å². The van der Waals surface area contributed by atoms with Gasteiger partial charge in [0.2, 0.25) is 0 Å². The highest BCUT2D eigenvalue weighted by atomic mass is 16.5. The monoisotopic (exact) mass is 307 g/mol. The summed E-state index contributed by atoms with van der Waals surface area (Å²) in [4.78, 5) is 25.8. The number of rotatable bonds is 8. The normalized spacial score (nSPS) is 10.4. The first-order valence-electron chi connectivity index (χ1n) is 7.56. The van der Waals surface area contributed by atoms with Crippen LogP contribution in [0.25, 0.3) is 0 Å². The number of carbonyl (C=O) groups excluding carboxylic acids is 2. The van der Waals surface area contributed by atoms with Crippen LogP contribution >= 0.6 is 0 Å². The lowest BCUT2D eigenvalue weighted by atomic mass is 10.3. The molecule has 0 aliphatic heterocycles. The summed E-state index contributed by atoms with van der Waals surface area (Å²) in [6.45, 7) is 7.57. The van der Waals surface area contributed by atoms with Crippen molar-refractivity contribution < 1.29 is 14.3 Å². The van der Waals surface area contributed by atoms with Crippen LogP contribution in [0, 0.1) is 0 Å². The van der Waals surface area contributed by atoms with Crippen molar-refractivity contribution >= 4 is 17.5 Å². The van der Waals surface area contributed by atoms with Crippen molar-refractivity contribution in [2.24, 2.45) is 0 Å². The molecule has 0 unspecified atom stereocenters. The van der Waals surface area contributed by atoms with E-state index in [4.69, 9.17) is 4.74 Å². The minimum Gasteiger partial charge on any atom is -0.497 e. The molecular formula is C16H25N3O3. The van der Waals surface area contributed by atoms with E-state index in [1.807, 2.05) is 0 Å². The van der Waals surface area contributed by atoms with Gasteiger partial charge < -0.3 is 20.3 Å². The lowest BCUT2D eigenvalue weighted by Crippen LogP contribution is -2.37. The van der Waals surface area contributed by atoms with Crippen LogP contribution in [0.15, 0.2) is 24.3 Å². The molecule has 1 rings (SSSR count). The van der Waals surface area contributed by atoms with Crippen LogP contribution in [0.3, 0.4) is 0 Å². The molecule has 2 N–H and O–H groups in total. The molecule has 2 amide bonds. The standard InChI is InChI=1S/C16H25N3O3/c1-4-19(5-2)11-7-10-17-15(20)16(21)18-13-8-6-9-14(12-13)22-3/h6,8-9,12H,4-5,7,10-11H2,1-3H3,(H,17,20)(H,18,21). The molecular weight excluding hydrogens is 282 g/mol. The summed E-state index contributed by atoms with van der Waals surface area (Å²) in [6.07, 6.45) is 0.819. The highest BCUT2D eigenvalue weighted by molar-refractivity contribution is 6.39. The Morgan fingerprint density at radius 1 is 1.18 bits per heavy atom. The molecule has 0 aliphatic rings. The quantitative estimate of drug-likeness (QED) is 0.564.